The van der Waals surface area contributed by atoms with Crippen molar-refractivity contribution in [2.45, 2.75) is 38.3 Å². The molecule has 0 unspecified atom stereocenters. The van der Waals surface area contributed by atoms with Crippen molar-refractivity contribution in [3.05, 3.63) is 110 Å². The van der Waals surface area contributed by atoms with Gasteiger partial charge < -0.3 is 36.3 Å². The summed E-state index contributed by atoms with van der Waals surface area (Å²) in [4.78, 5) is 42.2. The van der Waals surface area contributed by atoms with Gasteiger partial charge in [0.15, 0.2) is 0 Å². The second-order valence-electron chi connectivity index (χ2n) is 12.2. The number of piperidine rings is 1. The van der Waals surface area contributed by atoms with Crippen molar-refractivity contribution in [3.8, 4) is 16.9 Å². The minimum Gasteiger partial charge on any atom is -0.506 e. The van der Waals surface area contributed by atoms with Crippen molar-refractivity contribution >= 4 is 68.1 Å². The number of nitrogens with one attached hydrogen (secondary N) is 5. The number of H-pyrrole nitrogens is 1. The van der Waals surface area contributed by atoms with Crippen LogP contribution in [0.1, 0.15) is 30.4 Å². The Bertz CT molecular complexity index is 2000. The first-order chi connectivity index (χ1) is 24.2. The number of likely N-dealkylation sites (tertiary alicyclic amines) is 1. The van der Waals surface area contributed by atoms with Crippen molar-refractivity contribution in [2.24, 2.45) is 0 Å². The number of hydrogen-bond donors (Lipinski definition) is 6. The second-order valence-corrected chi connectivity index (χ2v) is 14.0. The number of halogens is 2. The summed E-state index contributed by atoms with van der Waals surface area (Å²) in [5.41, 5.74) is 5.45. The molecular weight excluding hydrogens is 695 g/mol. The first-order valence-corrected chi connectivity index (χ1v) is 18.1. The molecule has 0 saturated carbocycles. The van der Waals surface area contributed by atoms with Gasteiger partial charge in [0.2, 0.25) is 5.91 Å². The topological polar surface area (TPSA) is 139 Å². The molecule has 4 aromatic carbocycles. The zero-order chi connectivity index (χ0) is 35.0. The maximum Gasteiger partial charge on any atom is 0.319 e. The van der Waals surface area contributed by atoms with Crippen molar-refractivity contribution in [2.75, 3.05) is 36.8 Å². The van der Waals surface area contributed by atoms with Gasteiger partial charge in [-0.05, 0) is 66.8 Å². The first kappa shape index (κ1) is 35.4. The molecule has 6 rings (SSSR count). The highest BCUT2D eigenvalue weighted by Crippen LogP contribution is 2.33. The van der Waals surface area contributed by atoms with E-state index in [-0.39, 0.29) is 35.0 Å². The molecule has 0 spiro atoms. The fraction of sp³-hybridized carbons (Fsp3) is 0.270. The van der Waals surface area contributed by atoms with E-state index in [0.717, 1.165) is 69.9 Å². The molecule has 0 aliphatic carbocycles. The summed E-state index contributed by atoms with van der Waals surface area (Å²) < 4.78 is 0.756. The number of carbonyl (C=O) groups is 2. The number of phenolic OH excluding ortho intramolecular Hbond substituents is 1. The lowest BCUT2D eigenvalue weighted by Gasteiger charge is -2.32. The van der Waals surface area contributed by atoms with Gasteiger partial charge >= 0.3 is 10.9 Å². The second kappa shape index (κ2) is 16.5. The maximum atomic E-state index is 12.8. The zero-order valence-electron chi connectivity index (χ0n) is 27.2. The Balaban J connectivity index is 0.912. The molecular formula is C37H38Cl2N6O4S. The summed E-state index contributed by atoms with van der Waals surface area (Å²) in [7, 11) is 0. The molecule has 1 aromatic heterocycles. The largest absolute Gasteiger partial charge is 0.506 e. The number of amides is 3. The molecule has 50 heavy (non-hydrogen) atoms. The van der Waals surface area contributed by atoms with Gasteiger partial charge in [0.1, 0.15) is 11.3 Å². The fourth-order valence-corrected chi connectivity index (χ4v) is 7.66. The van der Waals surface area contributed by atoms with Crippen LogP contribution in [-0.4, -0.2) is 59.1 Å². The van der Waals surface area contributed by atoms with Gasteiger partial charge in [0.05, 0.1) is 26.1 Å². The highest BCUT2D eigenvalue weighted by Gasteiger charge is 2.22. The van der Waals surface area contributed by atoms with E-state index in [0.29, 0.717) is 47.3 Å². The zero-order valence-corrected chi connectivity index (χ0v) is 29.6. The van der Waals surface area contributed by atoms with Crippen LogP contribution in [0.4, 0.5) is 16.2 Å². The highest BCUT2D eigenvalue weighted by atomic mass is 35.5. The third-order valence-electron chi connectivity index (χ3n) is 8.74. The lowest BCUT2D eigenvalue weighted by molar-refractivity contribution is -0.116. The van der Waals surface area contributed by atoms with E-state index in [2.05, 4.69) is 31.2 Å². The summed E-state index contributed by atoms with van der Waals surface area (Å²) in [6.45, 7) is 3.25. The number of anilines is 2. The van der Waals surface area contributed by atoms with Crippen molar-refractivity contribution < 1.29 is 14.7 Å². The van der Waals surface area contributed by atoms with Crippen molar-refractivity contribution in [1.82, 2.24) is 20.5 Å². The molecule has 0 radical (unpaired) electrons. The molecule has 1 saturated heterocycles. The molecule has 1 fully saturated rings. The van der Waals surface area contributed by atoms with E-state index >= 15 is 0 Å². The first-order valence-electron chi connectivity index (χ1n) is 16.5. The molecule has 0 bridgehead atoms. The molecule has 260 valence electrons. The van der Waals surface area contributed by atoms with E-state index in [9.17, 15) is 19.5 Å². The molecule has 6 N–H and O–H groups in total. The van der Waals surface area contributed by atoms with Crippen LogP contribution in [0.5, 0.6) is 5.75 Å². The lowest BCUT2D eigenvalue weighted by atomic mass is 10.0. The number of nitrogens with zero attached hydrogens (tertiary/aromatic N) is 1. The predicted molar refractivity (Wildman–Crippen MR) is 203 cm³/mol. The van der Waals surface area contributed by atoms with Gasteiger partial charge in [0, 0.05) is 44.2 Å². The van der Waals surface area contributed by atoms with E-state index < -0.39 is 0 Å². The van der Waals surface area contributed by atoms with Gasteiger partial charge in [-0.15, -0.1) is 0 Å². The van der Waals surface area contributed by atoms with Gasteiger partial charge in [-0.3, -0.25) is 9.59 Å². The number of aromatic amines is 1. The summed E-state index contributed by atoms with van der Waals surface area (Å²) in [5.74, 6) is -0.118. The standard InChI is InChI=1S/C37H38Cl2N6O4S/c38-28-20-23(22-40-16-12-25-10-11-31(46)34-35(25)50-37(49)44-34)21-29(39)33(28)43-32(47)15-19-45-17-13-26(14-18-45)41-36(48)42-30-9-5-4-8-27(30)24-6-2-1-3-7-24/h1-11,20-21,26,40,46H,12-19,22H2,(H,43,47)(H,44,49)(H2,41,42,48). The molecule has 3 amide bonds. The Morgan fingerprint density at radius 3 is 2.42 bits per heavy atom. The number of carbonyl (C=O) groups excluding carboxylic acids is 2. The van der Waals surface area contributed by atoms with Crippen molar-refractivity contribution in [1.29, 1.82) is 0 Å². The smallest absolute Gasteiger partial charge is 0.319 e. The molecule has 1 aliphatic rings. The van der Waals surface area contributed by atoms with E-state index in [1.807, 2.05) is 60.7 Å². The minimum atomic E-state index is -0.227. The van der Waals surface area contributed by atoms with Crippen molar-refractivity contribution in [3.63, 3.8) is 0 Å². The van der Waals surface area contributed by atoms with Crippen LogP contribution >= 0.6 is 34.5 Å². The number of aromatic nitrogens is 1. The molecule has 2 heterocycles. The van der Waals surface area contributed by atoms with Gasteiger partial charge in [-0.2, -0.15) is 0 Å². The number of thiazole rings is 1. The summed E-state index contributed by atoms with van der Waals surface area (Å²) in [5, 5.41) is 23.1. The van der Waals surface area contributed by atoms with E-state index in [4.69, 9.17) is 23.2 Å². The Kier molecular flexibility index (Phi) is 11.7. The number of urea groups is 1. The van der Waals surface area contributed by atoms with Crippen LogP contribution in [0.3, 0.4) is 0 Å². The number of aromatic hydroxyl groups is 1. The summed E-state index contributed by atoms with van der Waals surface area (Å²) in [6, 6.07) is 24.5. The number of benzene rings is 4. The van der Waals surface area contributed by atoms with Gasteiger partial charge in [-0.1, -0.05) is 89.1 Å². The third-order valence-corrected chi connectivity index (χ3v) is 10.3. The molecule has 0 atom stereocenters. The van der Waals surface area contributed by atoms with Crippen LogP contribution in [0.15, 0.2) is 83.7 Å². The Morgan fingerprint density at radius 2 is 1.66 bits per heavy atom. The predicted octanol–water partition coefficient (Wildman–Crippen LogP) is 7.22. The van der Waals surface area contributed by atoms with E-state index in [1.165, 1.54) is 0 Å². The van der Waals surface area contributed by atoms with Gasteiger partial charge in [0.25, 0.3) is 0 Å². The van der Waals surface area contributed by atoms with Crippen LogP contribution < -0.4 is 26.1 Å². The molecule has 5 aromatic rings. The number of phenols is 1. The number of fused-ring (bicyclic) bond motifs is 1. The van der Waals surface area contributed by atoms with E-state index in [1.54, 1.807) is 18.2 Å². The maximum absolute atomic E-state index is 12.8. The lowest BCUT2D eigenvalue weighted by Crippen LogP contribution is -2.46. The van der Waals surface area contributed by atoms with Gasteiger partial charge in [-0.25, -0.2) is 4.79 Å². The summed E-state index contributed by atoms with van der Waals surface area (Å²) >= 11 is 14.2. The summed E-state index contributed by atoms with van der Waals surface area (Å²) in [6.07, 6.45) is 2.52. The molecule has 1 aliphatic heterocycles. The normalized spacial score (nSPS) is 13.7. The average Bonchev–Trinajstić information content (AvgIpc) is 3.52. The number of rotatable bonds is 12. The Morgan fingerprint density at radius 1 is 0.940 bits per heavy atom. The Hall–Kier alpha value is -4.39. The quantitative estimate of drug-likeness (QED) is 0.0750. The van der Waals surface area contributed by atoms with Crippen LogP contribution in [0.25, 0.3) is 21.3 Å². The molecule has 13 heteroatoms. The fourth-order valence-electron chi connectivity index (χ4n) is 6.14. The highest BCUT2D eigenvalue weighted by molar-refractivity contribution is 7.16. The molecule has 10 nitrogen and oxygen atoms in total. The Labute approximate surface area is 303 Å². The minimum absolute atomic E-state index is 0.0464. The monoisotopic (exact) mass is 732 g/mol. The SMILES string of the molecule is O=C(CCN1CCC(NC(=O)Nc2ccccc2-c2ccccc2)CC1)Nc1c(Cl)cc(CNCCc2ccc(O)c3[nH]c(=O)sc23)cc1Cl. The van der Waals surface area contributed by atoms with Crippen LogP contribution in [0.2, 0.25) is 10.0 Å². The number of hydrogen-bond acceptors (Lipinski definition) is 7. The third kappa shape index (κ3) is 9.04. The average molecular weight is 734 g/mol. The van der Waals surface area contributed by atoms with Crippen LogP contribution in [-0.2, 0) is 17.8 Å². The van der Waals surface area contributed by atoms with Crippen LogP contribution in [0, 0.1) is 0 Å². The number of para-hydroxylation sites is 1.